The fourth-order valence-corrected chi connectivity index (χ4v) is 2.11. The molecule has 1 aromatic carbocycles. The van der Waals surface area contributed by atoms with Gasteiger partial charge in [-0.15, -0.1) is 0 Å². The van der Waals surface area contributed by atoms with E-state index in [0.29, 0.717) is 0 Å². The summed E-state index contributed by atoms with van der Waals surface area (Å²) in [5.41, 5.74) is 4.53. The van der Waals surface area contributed by atoms with E-state index in [1.807, 2.05) is 29.9 Å². The van der Waals surface area contributed by atoms with Crippen LogP contribution in [-0.4, -0.2) is 14.8 Å². The molecule has 0 unspecified atom stereocenters. The molecule has 0 aliphatic heterocycles. The van der Waals surface area contributed by atoms with Crippen molar-refractivity contribution in [1.29, 1.82) is 0 Å². The number of hydrogen-bond acceptors (Lipinski definition) is 2. The van der Waals surface area contributed by atoms with Crippen molar-refractivity contribution in [3.63, 3.8) is 0 Å². The lowest BCUT2D eigenvalue weighted by Gasteiger charge is -2.06. The third kappa shape index (κ3) is 1.99. The summed E-state index contributed by atoms with van der Waals surface area (Å²) >= 11 is 0. The van der Waals surface area contributed by atoms with E-state index in [4.69, 9.17) is 0 Å². The molecule has 0 radical (unpaired) electrons. The molecule has 3 aromatic rings. The van der Waals surface area contributed by atoms with Crippen molar-refractivity contribution < 1.29 is 0 Å². The van der Waals surface area contributed by atoms with Crippen LogP contribution in [0.1, 0.15) is 17.0 Å². The number of aryl methyl sites for hydroxylation is 2. The van der Waals surface area contributed by atoms with Crippen LogP contribution in [-0.2, 0) is 6.54 Å². The lowest BCUT2D eigenvalue weighted by atomic mass is 10.1. The molecule has 0 saturated carbocycles. The second-order valence-electron chi connectivity index (χ2n) is 4.61. The molecule has 3 rings (SSSR count). The van der Waals surface area contributed by atoms with Gasteiger partial charge in [0.2, 0.25) is 0 Å². The molecule has 2 aromatic heterocycles. The SMILES string of the molecule is Cc1ccc2cc(Cn3nccc3C)ccc2n1. The van der Waals surface area contributed by atoms with Crippen molar-refractivity contribution in [2.24, 2.45) is 0 Å². The van der Waals surface area contributed by atoms with Crippen LogP contribution in [0.3, 0.4) is 0 Å². The highest BCUT2D eigenvalue weighted by molar-refractivity contribution is 5.79. The zero-order valence-corrected chi connectivity index (χ0v) is 10.6. The fraction of sp³-hybridized carbons (Fsp3) is 0.200. The Morgan fingerprint density at radius 3 is 2.72 bits per heavy atom. The molecule has 0 aliphatic rings. The summed E-state index contributed by atoms with van der Waals surface area (Å²) < 4.78 is 2.00. The highest BCUT2D eigenvalue weighted by atomic mass is 15.3. The molecule has 0 spiro atoms. The van der Waals surface area contributed by atoms with Gasteiger partial charge in [-0.2, -0.15) is 5.10 Å². The van der Waals surface area contributed by atoms with E-state index in [2.05, 4.69) is 41.3 Å². The predicted octanol–water partition coefficient (Wildman–Crippen LogP) is 3.10. The lowest BCUT2D eigenvalue weighted by molar-refractivity contribution is 0.665. The summed E-state index contributed by atoms with van der Waals surface area (Å²) in [4.78, 5) is 4.51. The van der Waals surface area contributed by atoms with Gasteiger partial charge in [0.15, 0.2) is 0 Å². The quantitative estimate of drug-likeness (QED) is 0.685. The number of hydrogen-bond donors (Lipinski definition) is 0. The molecule has 2 heterocycles. The van der Waals surface area contributed by atoms with Crippen molar-refractivity contribution in [3.8, 4) is 0 Å². The van der Waals surface area contributed by atoms with Crippen molar-refractivity contribution >= 4 is 10.9 Å². The molecule has 18 heavy (non-hydrogen) atoms. The first-order valence-corrected chi connectivity index (χ1v) is 6.07. The standard InChI is InChI=1S/C15H15N3/c1-11-3-5-14-9-13(4-6-15(14)17-11)10-18-12(2)7-8-16-18/h3-9H,10H2,1-2H3. The highest BCUT2D eigenvalue weighted by Gasteiger charge is 2.01. The molecule has 0 N–H and O–H groups in total. The molecule has 90 valence electrons. The van der Waals surface area contributed by atoms with E-state index in [9.17, 15) is 0 Å². The predicted molar refractivity (Wildman–Crippen MR) is 72.5 cm³/mol. The molecule has 3 nitrogen and oxygen atoms in total. The minimum Gasteiger partial charge on any atom is -0.265 e. The second kappa shape index (κ2) is 4.26. The minimum absolute atomic E-state index is 0.808. The van der Waals surface area contributed by atoms with Gasteiger partial charge in [0.1, 0.15) is 0 Å². The largest absolute Gasteiger partial charge is 0.265 e. The van der Waals surface area contributed by atoms with Crippen LogP contribution in [0.5, 0.6) is 0 Å². The average Bonchev–Trinajstić information content (AvgIpc) is 2.75. The summed E-state index contributed by atoms with van der Waals surface area (Å²) in [5.74, 6) is 0. The molecule has 0 fully saturated rings. The molecular formula is C15H15N3. The Balaban J connectivity index is 1.99. The van der Waals surface area contributed by atoms with Gasteiger partial charge in [0, 0.05) is 23.0 Å². The summed E-state index contributed by atoms with van der Waals surface area (Å²) in [7, 11) is 0. The Morgan fingerprint density at radius 2 is 1.94 bits per heavy atom. The monoisotopic (exact) mass is 237 g/mol. The van der Waals surface area contributed by atoms with Crippen LogP contribution in [0.25, 0.3) is 10.9 Å². The van der Waals surface area contributed by atoms with Crippen LogP contribution < -0.4 is 0 Å². The highest BCUT2D eigenvalue weighted by Crippen LogP contribution is 2.15. The van der Waals surface area contributed by atoms with Gasteiger partial charge in [-0.05, 0) is 43.7 Å². The van der Waals surface area contributed by atoms with Crippen molar-refractivity contribution in [2.45, 2.75) is 20.4 Å². The molecule has 0 amide bonds. The summed E-state index contributed by atoms with van der Waals surface area (Å²) in [6.45, 7) is 4.89. The molecule has 0 atom stereocenters. The van der Waals surface area contributed by atoms with Crippen LogP contribution >= 0.6 is 0 Å². The van der Waals surface area contributed by atoms with Crippen molar-refractivity contribution in [3.05, 3.63) is 59.5 Å². The summed E-state index contributed by atoms with van der Waals surface area (Å²) in [6, 6.07) is 12.6. The zero-order valence-electron chi connectivity index (χ0n) is 10.6. The number of nitrogens with zero attached hydrogens (tertiary/aromatic N) is 3. The Bertz CT molecular complexity index is 698. The van der Waals surface area contributed by atoms with Gasteiger partial charge in [-0.3, -0.25) is 9.67 Å². The first kappa shape index (κ1) is 11.0. The zero-order chi connectivity index (χ0) is 12.5. The van der Waals surface area contributed by atoms with Crippen LogP contribution in [0.4, 0.5) is 0 Å². The van der Waals surface area contributed by atoms with Gasteiger partial charge in [-0.1, -0.05) is 12.1 Å². The van der Waals surface area contributed by atoms with E-state index in [1.54, 1.807) is 0 Å². The van der Waals surface area contributed by atoms with Crippen LogP contribution in [0.2, 0.25) is 0 Å². The topological polar surface area (TPSA) is 30.7 Å². The molecule has 0 aliphatic carbocycles. The first-order chi connectivity index (χ1) is 8.72. The average molecular weight is 237 g/mol. The number of fused-ring (bicyclic) bond motifs is 1. The van der Waals surface area contributed by atoms with E-state index in [1.165, 1.54) is 16.6 Å². The molecular weight excluding hydrogens is 222 g/mol. The Morgan fingerprint density at radius 1 is 1.06 bits per heavy atom. The number of benzene rings is 1. The van der Waals surface area contributed by atoms with E-state index < -0.39 is 0 Å². The maximum atomic E-state index is 4.51. The number of rotatable bonds is 2. The van der Waals surface area contributed by atoms with Crippen molar-refractivity contribution in [1.82, 2.24) is 14.8 Å². The third-order valence-corrected chi connectivity index (χ3v) is 3.15. The normalized spacial score (nSPS) is 11.0. The maximum Gasteiger partial charge on any atom is 0.0705 e. The fourth-order valence-electron chi connectivity index (χ4n) is 2.11. The lowest BCUT2D eigenvalue weighted by Crippen LogP contribution is -2.03. The smallest absolute Gasteiger partial charge is 0.0705 e. The molecule has 0 saturated heterocycles. The van der Waals surface area contributed by atoms with Crippen LogP contribution in [0.15, 0.2) is 42.6 Å². The van der Waals surface area contributed by atoms with E-state index in [-0.39, 0.29) is 0 Å². The Hall–Kier alpha value is -2.16. The Kier molecular flexibility index (Phi) is 2.59. The third-order valence-electron chi connectivity index (χ3n) is 3.15. The number of pyridine rings is 1. The summed E-state index contributed by atoms with van der Waals surface area (Å²) in [5, 5.41) is 5.49. The number of aromatic nitrogens is 3. The molecule has 0 bridgehead atoms. The van der Waals surface area contributed by atoms with Gasteiger partial charge in [0.25, 0.3) is 0 Å². The molecule has 3 heteroatoms. The van der Waals surface area contributed by atoms with Crippen molar-refractivity contribution in [2.75, 3.05) is 0 Å². The minimum atomic E-state index is 0.808. The van der Waals surface area contributed by atoms with Gasteiger partial charge < -0.3 is 0 Å². The van der Waals surface area contributed by atoms with Gasteiger partial charge in [-0.25, -0.2) is 0 Å². The first-order valence-electron chi connectivity index (χ1n) is 6.07. The summed E-state index contributed by atoms with van der Waals surface area (Å²) in [6.07, 6.45) is 1.83. The maximum absolute atomic E-state index is 4.51. The van der Waals surface area contributed by atoms with Gasteiger partial charge >= 0.3 is 0 Å². The second-order valence-corrected chi connectivity index (χ2v) is 4.61. The van der Waals surface area contributed by atoms with Crippen LogP contribution in [0, 0.1) is 13.8 Å². The van der Waals surface area contributed by atoms with E-state index >= 15 is 0 Å². The van der Waals surface area contributed by atoms with E-state index in [0.717, 1.165) is 17.8 Å². The van der Waals surface area contributed by atoms with Gasteiger partial charge in [0.05, 0.1) is 12.1 Å². The Labute approximate surface area is 106 Å².